The quantitative estimate of drug-likeness (QED) is 0.177. The van der Waals surface area contributed by atoms with Gasteiger partial charge in [-0.1, -0.05) is 86.2 Å². The summed E-state index contributed by atoms with van der Waals surface area (Å²) in [5.41, 5.74) is 4.24. The molecular weight excluding hydrogens is 412 g/mol. The van der Waals surface area contributed by atoms with Gasteiger partial charge in [0.25, 0.3) is 0 Å². The average molecular weight is 449 g/mol. The molecule has 1 saturated heterocycles. The first-order valence-corrected chi connectivity index (χ1v) is 12.0. The largest absolute Gasteiger partial charge is 0.395 e. The molecule has 3 nitrogen and oxygen atoms in total. The Morgan fingerprint density at radius 2 is 1.72 bits per heavy atom. The van der Waals surface area contributed by atoms with Gasteiger partial charge >= 0.3 is 0 Å². The Bertz CT molecular complexity index is 1000. The molecule has 0 N–H and O–H groups in total. The van der Waals surface area contributed by atoms with Crippen LogP contribution in [0.15, 0.2) is 71.9 Å². The maximum Gasteiger partial charge on any atom is 0.118 e. The van der Waals surface area contributed by atoms with E-state index in [2.05, 4.69) is 96.3 Å². The van der Waals surface area contributed by atoms with E-state index in [1.807, 2.05) is 0 Å². The van der Waals surface area contributed by atoms with Crippen LogP contribution >= 0.6 is 12.6 Å². The molecule has 0 amide bonds. The van der Waals surface area contributed by atoms with Crippen LogP contribution in [0.5, 0.6) is 0 Å². The molecule has 170 valence electrons. The summed E-state index contributed by atoms with van der Waals surface area (Å²) in [6.07, 6.45) is 3.62. The molecule has 0 saturated carbocycles. The minimum Gasteiger partial charge on any atom is -0.395 e. The van der Waals surface area contributed by atoms with Crippen molar-refractivity contribution >= 4 is 29.1 Å². The summed E-state index contributed by atoms with van der Waals surface area (Å²) in [5, 5.41) is 7.04. The second kappa shape index (κ2) is 12.1. The second-order valence-electron chi connectivity index (χ2n) is 8.53. The van der Waals surface area contributed by atoms with Crippen molar-refractivity contribution in [3.8, 4) is 0 Å². The van der Waals surface area contributed by atoms with Gasteiger partial charge in [0.05, 0.1) is 0 Å². The number of thiol groups is 1. The average Bonchev–Trinajstić information content (AvgIpc) is 2.82. The molecule has 32 heavy (non-hydrogen) atoms. The van der Waals surface area contributed by atoms with Crippen molar-refractivity contribution in [3.05, 3.63) is 83.4 Å². The van der Waals surface area contributed by atoms with Gasteiger partial charge in [0.1, 0.15) is 12.3 Å². The molecule has 0 bridgehead atoms. The van der Waals surface area contributed by atoms with Crippen molar-refractivity contribution in [2.24, 2.45) is 11.1 Å². The zero-order valence-electron chi connectivity index (χ0n) is 18.3. The number of likely N-dealkylation sites (tertiary alicyclic amines) is 1. The van der Waals surface area contributed by atoms with Gasteiger partial charge < -0.3 is 9.74 Å². The van der Waals surface area contributed by atoms with E-state index in [1.165, 1.54) is 42.3 Å². The molecule has 1 fully saturated rings. The van der Waals surface area contributed by atoms with E-state index >= 15 is 0 Å². The molecule has 0 unspecified atom stereocenters. The van der Waals surface area contributed by atoms with E-state index in [4.69, 9.17) is 4.84 Å². The molecule has 3 aromatic rings. The fourth-order valence-corrected chi connectivity index (χ4v) is 4.42. The Balaban J connectivity index is 0.00000289. The molecule has 0 aromatic heterocycles. The number of rotatable bonds is 8. The zero-order chi connectivity index (χ0) is 21.5. The van der Waals surface area contributed by atoms with Crippen LogP contribution in [0, 0.1) is 5.92 Å². The Hall–Kier alpha value is -2.30. The second-order valence-corrected chi connectivity index (χ2v) is 8.85. The van der Waals surface area contributed by atoms with E-state index in [-0.39, 0.29) is 7.43 Å². The lowest BCUT2D eigenvalue weighted by Crippen LogP contribution is -2.33. The van der Waals surface area contributed by atoms with E-state index < -0.39 is 0 Å². The minimum atomic E-state index is 0. The van der Waals surface area contributed by atoms with E-state index in [9.17, 15) is 0 Å². The molecular formula is C28H36N2OS. The summed E-state index contributed by atoms with van der Waals surface area (Å²) in [6.45, 7) is 6.50. The first kappa shape index (κ1) is 24.3. The highest BCUT2D eigenvalue weighted by Gasteiger charge is 2.15. The lowest BCUT2D eigenvalue weighted by molar-refractivity contribution is 0.119. The lowest BCUT2D eigenvalue weighted by Gasteiger charge is -2.29. The van der Waals surface area contributed by atoms with E-state index in [0.717, 1.165) is 41.5 Å². The Morgan fingerprint density at radius 3 is 2.47 bits per heavy atom. The van der Waals surface area contributed by atoms with Crippen LogP contribution in [0.4, 0.5) is 0 Å². The number of benzene rings is 3. The third kappa shape index (κ3) is 6.14. The van der Waals surface area contributed by atoms with Gasteiger partial charge in [-0.3, -0.25) is 0 Å². The number of nitrogens with zero attached hydrogens (tertiary/aromatic N) is 2. The summed E-state index contributed by atoms with van der Waals surface area (Å²) in [4.78, 5) is 8.42. The fraction of sp³-hybridized carbons (Fsp3) is 0.393. The molecule has 0 spiro atoms. The molecule has 3 aromatic carbocycles. The zero-order valence-corrected chi connectivity index (χ0v) is 19.2. The van der Waals surface area contributed by atoms with Crippen molar-refractivity contribution in [2.45, 2.75) is 39.4 Å². The van der Waals surface area contributed by atoms with Crippen molar-refractivity contribution in [2.75, 3.05) is 26.2 Å². The fourth-order valence-electron chi connectivity index (χ4n) is 4.21. The van der Waals surface area contributed by atoms with Gasteiger partial charge in [-0.2, -0.15) is 12.6 Å². The predicted molar refractivity (Wildman–Crippen MR) is 141 cm³/mol. The highest BCUT2D eigenvalue weighted by molar-refractivity contribution is 7.79. The van der Waals surface area contributed by atoms with Crippen LogP contribution in [0.1, 0.15) is 50.3 Å². The topological polar surface area (TPSA) is 24.8 Å². The predicted octanol–water partition coefficient (Wildman–Crippen LogP) is 6.80. The summed E-state index contributed by atoms with van der Waals surface area (Å²) < 4.78 is 0. The van der Waals surface area contributed by atoms with Crippen LogP contribution in [0.25, 0.3) is 10.8 Å². The van der Waals surface area contributed by atoms with E-state index in [0.29, 0.717) is 6.61 Å². The molecule has 1 aliphatic heterocycles. The highest BCUT2D eigenvalue weighted by atomic mass is 32.1. The van der Waals surface area contributed by atoms with Gasteiger partial charge in [-0.05, 0) is 54.6 Å². The highest BCUT2D eigenvalue weighted by Crippen LogP contribution is 2.23. The Morgan fingerprint density at radius 1 is 1.00 bits per heavy atom. The minimum absolute atomic E-state index is 0. The van der Waals surface area contributed by atoms with Gasteiger partial charge in [0.15, 0.2) is 0 Å². The van der Waals surface area contributed by atoms with Crippen LogP contribution in [-0.4, -0.2) is 36.9 Å². The van der Waals surface area contributed by atoms with Gasteiger partial charge in [0, 0.05) is 23.4 Å². The van der Waals surface area contributed by atoms with Crippen molar-refractivity contribution in [3.63, 3.8) is 0 Å². The van der Waals surface area contributed by atoms with Gasteiger partial charge in [-0.25, -0.2) is 0 Å². The summed E-state index contributed by atoms with van der Waals surface area (Å²) in [5.74, 6) is 1.60. The first-order chi connectivity index (χ1) is 15.2. The number of oxime groups is 1. The van der Waals surface area contributed by atoms with Crippen LogP contribution in [-0.2, 0) is 10.6 Å². The third-order valence-electron chi connectivity index (χ3n) is 6.20. The van der Waals surface area contributed by atoms with Crippen LogP contribution < -0.4 is 0 Å². The van der Waals surface area contributed by atoms with Crippen molar-refractivity contribution < 1.29 is 4.84 Å². The SMILES string of the molecule is C.CC1CCN(CCCO/N=C(/c2ccc(CS)cc2)c2cccc3ccccc23)CC1. The summed E-state index contributed by atoms with van der Waals surface area (Å²) >= 11 is 4.38. The summed E-state index contributed by atoms with van der Waals surface area (Å²) in [7, 11) is 0. The number of hydrogen-bond donors (Lipinski definition) is 1. The molecule has 0 atom stereocenters. The number of fused-ring (bicyclic) bond motifs is 1. The standard InChI is InChI=1S/C27H32N2OS.CH4/c1-21-14-17-29(18-15-21)16-5-19-30-28-27(24-12-10-22(20-31)11-13-24)26-9-4-7-23-6-2-3-8-25(23)26;/h2-4,6-13,21,31H,5,14-20H2,1H3;1H4/b28-27-;. The number of hydrogen-bond acceptors (Lipinski definition) is 4. The molecule has 1 heterocycles. The molecule has 1 aliphatic rings. The third-order valence-corrected chi connectivity index (χ3v) is 6.56. The Kier molecular flexibility index (Phi) is 9.19. The molecule has 4 rings (SSSR count). The van der Waals surface area contributed by atoms with Crippen molar-refractivity contribution in [1.82, 2.24) is 4.90 Å². The lowest BCUT2D eigenvalue weighted by atomic mass is 9.96. The van der Waals surface area contributed by atoms with Gasteiger partial charge in [0.2, 0.25) is 0 Å². The molecule has 4 heteroatoms. The summed E-state index contributed by atoms with van der Waals surface area (Å²) in [6, 6.07) is 23.3. The maximum atomic E-state index is 5.87. The van der Waals surface area contributed by atoms with E-state index in [1.54, 1.807) is 0 Å². The van der Waals surface area contributed by atoms with Gasteiger partial charge in [-0.15, -0.1) is 0 Å². The van der Waals surface area contributed by atoms with Crippen LogP contribution in [0.2, 0.25) is 0 Å². The molecule has 0 radical (unpaired) electrons. The van der Waals surface area contributed by atoms with Crippen molar-refractivity contribution in [1.29, 1.82) is 0 Å². The normalized spacial score (nSPS) is 15.5. The molecule has 0 aliphatic carbocycles. The number of piperidine rings is 1. The first-order valence-electron chi connectivity index (χ1n) is 11.3. The maximum absolute atomic E-state index is 5.87. The van der Waals surface area contributed by atoms with Crippen LogP contribution in [0.3, 0.4) is 0 Å². The Labute approximate surface area is 198 Å². The monoisotopic (exact) mass is 448 g/mol. The smallest absolute Gasteiger partial charge is 0.118 e.